The highest BCUT2D eigenvalue weighted by Gasteiger charge is 2.14. The van der Waals surface area contributed by atoms with Crippen LogP contribution >= 0.6 is 0 Å². The number of nitrogens with zero attached hydrogens (tertiary/aromatic N) is 4. The topological polar surface area (TPSA) is 77.7 Å². The Kier molecular flexibility index (Phi) is 4.48. The monoisotopic (exact) mass is 383 g/mol. The number of halogens is 2. The van der Waals surface area contributed by atoms with Crippen LogP contribution in [0.3, 0.4) is 0 Å². The summed E-state index contributed by atoms with van der Waals surface area (Å²) in [4.78, 5) is 12.7. The number of hydrogen-bond acceptors (Lipinski definition) is 4. The smallest absolute Gasteiger partial charge is 0.350 e. The van der Waals surface area contributed by atoms with Crippen molar-refractivity contribution in [3.8, 4) is 22.6 Å². The summed E-state index contributed by atoms with van der Waals surface area (Å²) in [6.45, 7) is -0.190. The van der Waals surface area contributed by atoms with Crippen LogP contribution < -0.4 is 10.4 Å². The van der Waals surface area contributed by atoms with Gasteiger partial charge in [-0.25, -0.2) is 22.8 Å². The molecule has 0 saturated carbocycles. The van der Waals surface area contributed by atoms with Crippen LogP contribution in [0.2, 0.25) is 0 Å². The van der Waals surface area contributed by atoms with Gasteiger partial charge in [-0.15, -0.1) is 0 Å². The van der Waals surface area contributed by atoms with Gasteiger partial charge in [-0.05, 0) is 35.9 Å². The zero-order chi connectivity index (χ0) is 19.7. The van der Waals surface area contributed by atoms with Crippen LogP contribution in [0.15, 0.2) is 59.9 Å². The highest BCUT2D eigenvalue weighted by molar-refractivity contribution is 5.67. The van der Waals surface area contributed by atoms with Crippen molar-refractivity contribution in [2.45, 2.75) is 6.54 Å². The third-order valence-corrected chi connectivity index (χ3v) is 4.33. The molecule has 0 aliphatic carbocycles. The fourth-order valence-electron chi connectivity index (χ4n) is 2.90. The fraction of sp³-hybridized carbons (Fsp3) is 0.105. The molecule has 142 valence electrons. The van der Waals surface area contributed by atoms with E-state index in [0.717, 1.165) is 34.0 Å². The molecule has 1 N–H and O–H groups in total. The highest BCUT2D eigenvalue weighted by Crippen LogP contribution is 2.28. The first-order chi connectivity index (χ1) is 13.6. The van der Waals surface area contributed by atoms with Crippen molar-refractivity contribution in [2.24, 2.45) is 0 Å². The van der Waals surface area contributed by atoms with Crippen molar-refractivity contribution in [3.05, 3.63) is 82.8 Å². The third kappa shape index (κ3) is 3.18. The molecule has 9 heteroatoms. The molecule has 0 fully saturated rings. The van der Waals surface area contributed by atoms with E-state index in [1.54, 1.807) is 24.5 Å². The van der Waals surface area contributed by atoms with Gasteiger partial charge in [0.25, 0.3) is 0 Å². The van der Waals surface area contributed by atoms with Crippen molar-refractivity contribution >= 4 is 0 Å². The fourth-order valence-corrected chi connectivity index (χ4v) is 2.90. The number of rotatable bonds is 5. The minimum Gasteiger partial charge on any atom is -0.495 e. The van der Waals surface area contributed by atoms with Crippen LogP contribution in [0, 0.1) is 11.6 Å². The van der Waals surface area contributed by atoms with Crippen LogP contribution in [0.5, 0.6) is 5.75 Å². The van der Waals surface area contributed by atoms with Crippen LogP contribution in [0.25, 0.3) is 16.8 Å². The zero-order valence-electron chi connectivity index (χ0n) is 14.8. The van der Waals surface area contributed by atoms with Crippen LogP contribution in [0.4, 0.5) is 8.78 Å². The Bertz CT molecular complexity index is 1180. The normalized spacial score (nSPS) is 11.0. The molecule has 0 aliphatic heterocycles. The average Bonchev–Trinajstić information content (AvgIpc) is 3.35. The molecule has 0 radical (unpaired) electrons. The zero-order valence-corrected chi connectivity index (χ0v) is 14.8. The molecule has 7 nitrogen and oxygen atoms in total. The molecule has 0 saturated heterocycles. The molecular formula is C19H15F2N5O2. The van der Waals surface area contributed by atoms with Gasteiger partial charge in [-0.3, -0.25) is 5.10 Å². The summed E-state index contributed by atoms with van der Waals surface area (Å²) in [5, 5.41) is 10.7. The summed E-state index contributed by atoms with van der Waals surface area (Å²) in [6, 6.07) is 8.39. The maximum absolute atomic E-state index is 13.9. The van der Waals surface area contributed by atoms with E-state index in [1.807, 2.05) is 6.07 Å². The molecule has 4 rings (SSSR count). The molecule has 0 bridgehead atoms. The van der Waals surface area contributed by atoms with Gasteiger partial charge >= 0.3 is 5.69 Å². The van der Waals surface area contributed by atoms with Crippen molar-refractivity contribution in [3.63, 3.8) is 0 Å². The predicted molar refractivity (Wildman–Crippen MR) is 97.4 cm³/mol. The van der Waals surface area contributed by atoms with Crippen LogP contribution in [0.1, 0.15) is 5.56 Å². The minimum atomic E-state index is -0.607. The number of ether oxygens (including phenoxy) is 1. The van der Waals surface area contributed by atoms with Crippen molar-refractivity contribution in [2.75, 3.05) is 7.11 Å². The largest absolute Gasteiger partial charge is 0.495 e. The van der Waals surface area contributed by atoms with Gasteiger partial charge in [0.05, 0.1) is 25.5 Å². The molecular weight excluding hydrogens is 368 g/mol. The Labute approximate surface area is 157 Å². The Morgan fingerprint density at radius 2 is 2.00 bits per heavy atom. The van der Waals surface area contributed by atoms with Crippen LogP contribution in [-0.2, 0) is 6.54 Å². The van der Waals surface area contributed by atoms with E-state index in [2.05, 4.69) is 15.3 Å². The average molecular weight is 383 g/mol. The second kappa shape index (κ2) is 7.10. The lowest BCUT2D eigenvalue weighted by molar-refractivity contribution is 0.412. The molecule has 0 unspecified atom stereocenters. The minimum absolute atomic E-state index is 0.0367. The molecule has 0 amide bonds. The summed E-state index contributed by atoms with van der Waals surface area (Å²) in [6.07, 6.45) is 4.73. The maximum atomic E-state index is 13.9. The first-order valence-corrected chi connectivity index (χ1v) is 8.33. The highest BCUT2D eigenvalue weighted by atomic mass is 19.1. The lowest BCUT2D eigenvalue weighted by Crippen LogP contribution is -2.25. The first kappa shape index (κ1) is 17.7. The van der Waals surface area contributed by atoms with Gasteiger partial charge in [0.1, 0.15) is 23.7 Å². The molecule has 4 aromatic rings. The van der Waals surface area contributed by atoms with Gasteiger partial charge in [-0.1, -0.05) is 6.07 Å². The van der Waals surface area contributed by atoms with Gasteiger partial charge in [0, 0.05) is 17.3 Å². The van der Waals surface area contributed by atoms with Crippen LogP contribution in [-0.4, -0.2) is 31.7 Å². The van der Waals surface area contributed by atoms with Gasteiger partial charge in [0.15, 0.2) is 0 Å². The molecule has 0 atom stereocenters. The molecule has 2 heterocycles. The summed E-state index contributed by atoms with van der Waals surface area (Å²) in [5.41, 5.74) is 1.74. The molecule has 28 heavy (non-hydrogen) atoms. The summed E-state index contributed by atoms with van der Waals surface area (Å²) in [5.74, 6) is -0.734. The number of H-pyrrole nitrogens is 1. The standard InChI is InChI=1S/C19H15F2N5O2/c1-28-18-7-12(14-8-22-23-9-14)2-5-17(18)25-11-24-26(19(25)27)10-13-6-15(20)3-4-16(13)21/h2-9,11H,10H2,1H3,(H,22,23). The number of nitrogens with one attached hydrogen (secondary N) is 1. The predicted octanol–water partition coefficient (Wildman–Crippen LogP) is 2.76. The number of methoxy groups -OCH3 is 1. The first-order valence-electron chi connectivity index (χ1n) is 8.33. The van der Waals surface area contributed by atoms with E-state index < -0.39 is 17.3 Å². The Morgan fingerprint density at radius 3 is 2.75 bits per heavy atom. The van der Waals surface area contributed by atoms with E-state index in [-0.39, 0.29) is 12.1 Å². The third-order valence-electron chi connectivity index (χ3n) is 4.33. The van der Waals surface area contributed by atoms with Gasteiger partial charge in [0.2, 0.25) is 0 Å². The van der Waals surface area contributed by atoms with E-state index in [0.29, 0.717) is 11.4 Å². The quantitative estimate of drug-likeness (QED) is 0.575. The Hall–Kier alpha value is -3.75. The number of aromatic nitrogens is 5. The molecule has 2 aromatic heterocycles. The van der Waals surface area contributed by atoms with Crippen molar-refractivity contribution in [1.82, 2.24) is 24.5 Å². The molecule has 0 aliphatic rings. The Balaban J connectivity index is 1.71. The lowest BCUT2D eigenvalue weighted by Gasteiger charge is -2.10. The second-order valence-electron chi connectivity index (χ2n) is 6.05. The number of aromatic amines is 1. The van der Waals surface area contributed by atoms with E-state index in [4.69, 9.17) is 4.74 Å². The summed E-state index contributed by atoms with van der Waals surface area (Å²) < 4.78 is 35.0. The van der Waals surface area contributed by atoms with E-state index in [1.165, 1.54) is 18.0 Å². The SMILES string of the molecule is COc1cc(-c2cn[nH]c2)ccc1-n1cnn(Cc2cc(F)ccc2F)c1=O. The second-order valence-corrected chi connectivity index (χ2v) is 6.05. The van der Waals surface area contributed by atoms with Gasteiger partial charge < -0.3 is 4.74 Å². The van der Waals surface area contributed by atoms with Crippen molar-refractivity contribution < 1.29 is 13.5 Å². The van der Waals surface area contributed by atoms with Gasteiger partial charge in [-0.2, -0.15) is 10.2 Å². The number of benzene rings is 2. The summed E-state index contributed by atoms with van der Waals surface area (Å²) >= 11 is 0. The Morgan fingerprint density at radius 1 is 1.14 bits per heavy atom. The van der Waals surface area contributed by atoms with E-state index in [9.17, 15) is 13.6 Å². The summed E-state index contributed by atoms with van der Waals surface area (Å²) in [7, 11) is 1.50. The number of hydrogen-bond donors (Lipinski definition) is 1. The molecule has 0 spiro atoms. The molecule has 2 aromatic carbocycles. The van der Waals surface area contributed by atoms with E-state index >= 15 is 0 Å². The van der Waals surface area contributed by atoms with Crippen molar-refractivity contribution in [1.29, 1.82) is 0 Å². The maximum Gasteiger partial charge on any atom is 0.350 e. The lowest BCUT2D eigenvalue weighted by atomic mass is 10.1.